The van der Waals surface area contributed by atoms with Crippen molar-refractivity contribution in [3.8, 4) is 0 Å². The van der Waals surface area contributed by atoms with Crippen LogP contribution in [-0.2, 0) is 20.8 Å². The molecule has 2 aliphatic heterocycles. The first-order chi connectivity index (χ1) is 13.5. The molecule has 0 bridgehead atoms. The van der Waals surface area contributed by atoms with Crippen molar-refractivity contribution in [3.63, 3.8) is 0 Å². The van der Waals surface area contributed by atoms with Gasteiger partial charge in [0.25, 0.3) is 5.91 Å². The van der Waals surface area contributed by atoms with E-state index in [-0.39, 0.29) is 18.0 Å². The summed E-state index contributed by atoms with van der Waals surface area (Å²) in [5.41, 5.74) is 0.832. The van der Waals surface area contributed by atoms with Gasteiger partial charge in [-0.2, -0.15) is 5.10 Å². The number of H-pyrrole nitrogens is 1. The molecule has 0 spiro atoms. The van der Waals surface area contributed by atoms with Crippen LogP contribution in [0.15, 0.2) is 58.2 Å². The molecule has 2 atom stereocenters. The molecular formula is C18H16N4O4S2. The van der Waals surface area contributed by atoms with Crippen molar-refractivity contribution in [2.24, 2.45) is 0 Å². The maximum absolute atomic E-state index is 12.6. The number of aromatic amines is 1. The molecule has 0 unspecified atom stereocenters. The molecule has 3 heterocycles. The number of amides is 2. The highest BCUT2D eigenvalue weighted by Gasteiger charge is 2.54. The maximum atomic E-state index is 12.6. The number of aliphatic carboxylic acids is 1. The van der Waals surface area contributed by atoms with Gasteiger partial charge >= 0.3 is 5.97 Å². The van der Waals surface area contributed by atoms with Gasteiger partial charge in [-0.3, -0.25) is 19.6 Å². The zero-order chi connectivity index (χ0) is 19.7. The summed E-state index contributed by atoms with van der Waals surface area (Å²) >= 11 is 2.71. The van der Waals surface area contributed by atoms with Gasteiger partial charge in [-0.05, 0) is 5.56 Å². The van der Waals surface area contributed by atoms with Crippen LogP contribution in [0.5, 0.6) is 0 Å². The number of aromatic nitrogens is 2. The zero-order valence-corrected chi connectivity index (χ0v) is 16.1. The molecule has 0 saturated carbocycles. The third kappa shape index (κ3) is 3.52. The van der Waals surface area contributed by atoms with Crippen molar-refractivity contribution in [2.45, 2.75) is 22.7 Å². The first-order valence-corrected chi connectivity index (χ1v) is 10.3. The molecule has 3 N–H and O–H groups in total. The van der Waals surface area contributed by atoms with Crippen LogP contribution < -0.4 is 5.32 Å². The van der Waals surface area contributed by atoms with Crippen LogP contribution in [0, 0.1) is 0 Å². The minimum absolute atomic E-state index is 0.0199. The third-order valence-corrected chi connectivity index (χ3v) is 6.88. The van der Waals surface area contributed by atoms with Gasteiger partial charge < -0.3 is 10.4 Å². The van der Waals surface area contributed by atoms with Crippen LogP contribution in [0.1, 0.15) is 5.56 Å². The van der Waals surface area contributed by atoms with E-state index in [1.807, 2.05) is 30.3 Å². The molecule has 1 aromatic heterocycles. The molecule has 1 fully saturated rings. The van der Waals surface area contributed by atoms with E-state index in [9.17, 15) is 19.5 Å². The molecule has 2 aliphatic rings. The number of β-lactam (4-membered cyclic amide) rings is 1. The molecule has 1 saturated heterocycles. The summed E-state index contributed by atoms with van der Waals surface area (Å²) in [6.45, 7) is 0. The molecule has 0 radical (unpaired) electrons. The molecular weight excluding hydrogens is 400 g/mol. The standard InChI is InChI=1S/C18H16N4O4S2/c23-13(6-10-4-2-1-3-5-10)21-14-16(24)22-15(18(25)26)12(9-27-17(14)22)28-11-7-19-20-8-11/h1-5,7-8,14,17H,6,9H2,(H,19,20)(H,21,23)(H,25,26)/t14-,17-/m1/s1. The number of hydrogen-bond acceptors (Lipinski definition) is 6. The Hall–Kier alpha value is -2.72. The Morgan fingerprint density at radius 3 is 2.82 bits per heavy atom. The summed E-state index contributed by atoms with van der Waals surface area (Å²) in [6.07, 6.45) is 3.43. The van der Waals surface area contributed by atoms with E-state index in [0.29, 0.717) is 10.7 Å². The normalized spacial score (nSPS) is 21.1. The van der Waals surface area contributed by atoms with E-state index in [4.69, 9.17) is 0 Å². The van der Waals surface area contributed by atoms with Crippen molar-refractivity contribution in [3.05, 3.63) is 58.9 Å². The largest absolute Gasteiger partial charge is 0.477 e. The summed E-state index contributed by atoms with van der Waals surface area (Å²) in [6, 6.07) is 8.53. The third-order valence-electron chi connectivity index (χ3n) is 4.37. The number of benzene rings is 1. The molecule has 2 aromatic rings. The topological polar surface area (TPSA) is 115 Å². The highest BCUT2D eigenvalue weighted by molar-refractivity contribution is 8.06. The second kappa shape index (κ2) is 7.72. The van der Waals surface area contributed by atoms with E-state index in [2.05, 4.69) is 15.5 Å². The van der Waals surface area contributed by atoms with Crippen molar-refractivity contribution in [1.82, 2.24) is 20.4 Å². The predicted molar refractivity (Wildman–Crippen MR) is 104 cm³/mol. The predicted octanol–water partition coefficient (Wildman–Crippen LogP) is 1.44. The van der Waals surface area contributed by atoms with E-state index >= 15 is 0 Å². The number of carbonyl (C=O) groups is 3. The lowest BCUT2D eigenvalue weighted by molar-refractivity contribution is -0.150. The molecule has 8 nitrogen and oxygen atoms in total. The lowest BCUT2D eigenvalue weighted by atomic mass is 10.0. The summed E-state index contributed by atoms with van der Waals surface area (Å²) in [5.74, 6) is -1.37. The van der Waals surface area contributed by atoms with E-state index in [0.717, 1.165) is 10.5 Å². The van der Waals surface area contributed by atoms with E-state index in [1.165, 1.54) is 28.4 Å². The summed E-state index contributed by atoms with van der Waals surface area (Å²) in [7, 11) is 0. The zero-order valence-electron chi connectivity index (χ0n) is 14.5. The number of rotatable bonds is 6. The van der Waals surface area contributed by atoms with E-state index in [1.54, 1.807) is 12.4 Å². The highest BCUT2D eigenvalue weighted by atomic mass is 32.2. The van der Waals surface area contributed by atoms with Gasteiger partial charge in [0.2, 0.25) is 5.91 Å². The fraction of sp³-hybridized carbons (Fsp3) is 0.222. The van der Waals surface area contributed by atoms with Crippen molar-refractivity contribution < 1.29 is 19.5 Å². The Morgan fingerprint density at radius 2 is 2.14 bits per heavy atom. The quantitative estimate of drug-likeness (QED) is 0.610. The molecule has 2 amide bonds. The Labute approximate surface area is 168 Å². The van der Waals surface area contributed by atoms with Gasteiger partial charge in [0.05, 0.1) is 12.6 Å². The van der Waals surface area contributed by atoms with Crippen LogP contribution in [0.25, 0.3) is 0 Å². The van der Waals surface area contributed by atoms with Crippen LogP contribution >= 0.6 is 23.5 Å². The Kier molecular flexibility index (Phi) is 5.14. The lowest BCUT2D eigenvalue weighted by Gasteiger charge is -2.49. The second-order valence-corrected chi connectivity index (χ2v) is 8.50. The fourth-order valence-electron chi connectivity index (χ4n) is 3.11. The van der Waals surface area contributed by atoms with Crippen molar-refractivity contribution in [2.75, 3.05) is 5.75 Å². The molecule has 1 aromatic carbocycles. The van der Waals surface area contributed by atoms with Crippen molar-refractivity contribution in [1.29, 1.82) is 0 Å². The molecule has 10 heteroatoms. The average Bonchev–Trinajstić information content (AvgIpc) is 3.19. The Morgan fingerprint density at radius 1 is 1.36 bits per heavy atom. The van der Waals surface area contributed by atoms with Gasteiger partial charge in [-0.25, -0.2) is 4.79 Å². The van der Waals surface area contributed by atoms with Gasteiger partial charge in [-0.15, -0.1) is 11.8 Å². The molecule has 4 rings (SSSR count). The van der Waals surface area contributed by atoms with Gasteiger partial charge in [0.15, 0.2) is 0 Å². The maximum Gasteiger partial charge on any atom is 0.353 e. The smallest absolute Gasteiger partial charge is 0.353 e. The minimum Gasteiger partial charge on any atom is -0.477 e. The number of carboxylic acids is 1. The van der Waals surface area contributed by atoms with Crippen LogP contribution in [-0.4, -0.2) is 55.2 Å². The first-order valence-electron chi connectivity index (χ1n) is 8.45. The minimum atomic E-state index is -1.15. The summed E-state index contributed by atoms with van der Waals surface area (Å²) in [5, 5.41) is 18.5. The van der Waals surface area contributed by atoms with Crippen LogP contribution in [0.2, 0.25) is 0 Å². The van der Waals surface area contributed by atoms with Gasteiger partial charge in [0, 0.05) is 21.8 Å². The van der Waals surface area contributed by atoms with Crippen LogP contribution in [0.4, 0.5) is 0 Å². The molecule has 28 heavy (non-hydrogen) atoms. The number of carboxylic acid groups (broad SMARTS) is 1. The number of thioether (sulfide) groups is 2. The monoisotopic (exact) mass is 416 g/mol. The molecule has 0 aliphatic carbocycles. The second-order valence-electron chi connectivity index (χ2n) is 6.23. The number of nitrogens with zero attached hydrogens (tertiary/aromatic N) is 2. The highest BCUT2D eigenvalue weighted by Crippen LogP contribution is 2.44. The van der Waals surface area contributed by atoms with Crippen molar-refractivity contribution >= 4 is 41.3 Å². The Balaban J connectivity index is 1.47. The number of fused-ring (bicyclic) bond motifs is 1. The van der Waals surface area contributed by atoms with Gasteiger partial charge in [0.1, 0.15) is 17.1 Å². The summed E-state index contributed by atoms with van der Waals surface area (Å²) < 4.78 is 0. The SMILES string of the molecule is O=C(Cc1ccccc1)N[C@@H]1C(=O)N2C(C(=O)O)=C(Sc3cn[nH]c3)CS[C@H]12. The average molecular weight is 416 g/mol. The lowest BCUT2D eigenvalue weighted by Crippen LogP contribution is -2.70. The number of hydrogen-bond donors (Lipinski definition) is 3. The number of nitrogens with one attached hydrogen (secondary N) is 2. The fourth-order valence-corrected chi connectivity index (χ4v) is 5.53. The first kappa shape index (κ1) is 18.6. The number of carbonyl (C=O) groups excluding carboxylic acids is 2. The Bertz CT molecular complexity index is 946. The van der Waals surface area contributed by atoms with E-state index < -0.39 is 23.3 Å². The van der Waals surface area contributed by atoms with Gasteiger partial charge in [-0.1, -0.05) is 42.1 Å². The summed E-state index contributed by atoms with van der Waals surface area (Å²) in [4.78, 5) is 39.3. The molecule has 144 valence electrons. The van der Waals surface area contributed by atoms with Crippen LogP contribution in [0.3, 0.4) is 0 Å².